The first-order chi connectivity index (χ1) is 9.13. The maximum absolute atomic E-state index is 12.4. The van der Waals surface area contributed by atoms with Gasteiger partial charge in [-0.25, -0.2) is 0 Å². The lowest BCUT2D eigenvalue weighted by molar-refractivity contribution is 0.0782. The summed E-state index contributed by atoms with van der Waals surface area (Å²) in [6.07, 6.45) is 0.668. The van der Waals surface area contributed by atoms with Crippen LogP contribution < -0.4 is 0 Å². The molecular weight excluding hydrogens is 240 g/mol. The Labute approximate surface area is 113 Å². The molecule has 0 aliphatic carbocycles. The first-order valence-electron chi connectivity index (χ1n) is 6.38. The van der Waals surface area contributed by atoms with Crippen molar-refractivity contribution in [2.75, 3.05) is 7.05 Å². The van der Waals surface area contributed by atoms with Gasteiger partial charge in [-0.3, -0.25) is 4.79 Å². The van der Waals surface area contributed by atoms with Crippen molar-refractivity contribution in [1.82, 2.24) is 10.1 Å². The van der Waals surface area contributed by atoms with E-state index in [0.717, 1.165) is 5.56 Å². The van der Waals surface area contributed by atoms with Crippen molar-refractivity contribution in [3.63, 3.8) is 0 Å². The van der Waals surface area contributed by atoms with E-state index in [1.54, 1.807) is 18.9 Å². The molecule has 2 rings (SSSR count). The zero-order valence-electron chi connectivity index (χ0n) is 11.5. The number of aryl methyl sites for hydroxylation is 2. The van der Waals surface area contributed by atoms with E-state index in [1.807, 2.05) is 37.3 Å². The predicted octanol–water partition coefficient (Wildman–Crippen LogP) is 2.82. The van der Waals surface area contributed by atoms with Crippen LogP contribution in [0.4, 0.5) is 0 Å². The lowest BCUT2D eigenvalue weighted by atomic mass is 10.1. The summed E-state index contributed by atoms with van der Waals surface area (Å²) in [4.78, 5) is 14.1. The minimum absolute atomic E-state index is 0.0422. The number of carbonyl (C=O) groups is 1. The van der Waals surface area contributed by atoms with Crippen molar-refractivity contribution in [3.8, 4) is 0 Å². The van der Waals surface area contributed by atoms with Gasteiger partial charge in [-0.1, -0.05) is 42.4 Å². The number of amides is 1. The molecule has 19 heavy (non-hydrogen) atoms. The normalized spacial score (nSPS) is 10.5. The summed E-state index contributed by atoms with van der Waals surface area (Å²) in [6, 6.07) is 9.91. The molecule has 0 N–H and O–H groups in total. The topological polar surface area (TPSA) is 46.3 Å². The van der Waals surface area contributed by atoms with E-state index < -0.39 is 0 Å². The van der Waals surface area contributed by atoms with Crippen LogP contribution in [-0.4, -0.2) is 23.0 Å². The van der Waals surface area contributed by atoms with Crippen molar-refractivity contribution in [1.29, 1.82) is 0 Å². The highest BCUT2D eigenvalue weighted by Gasteiger charge is 2.22. The number of nitrogens with zero attached hydrogens (tertiary/aromatic N) is 2. The first kappa shape index (κ1) is 13.3. The molecular formula is C15H18N2O2. The largest absolute Gasteiger partial charge is 0.360 e. The highest BCUT2D eigenvalue weighted by atomic mass is 16.5. The molecule has 0 radical (unpaired) electrons. The molecule has 0 aliphatic heterocycles. The Hall–Kier alpha value is -2.10. The van der Waals surface area contributed by atoms with Gasteiger partial charge in [0, 0.05) is 20.0 Å². The van der Waals surface area contributed by atoms with Crippen molar-refractivity contribution in [2.24, 2.45) is 0 Å². The first-order valence-corrected chi connectivity index (χ1v) is 6.38. The van der Waals surface area contributed by atoms with Crippen LogP contribution in [0.25, 0.3) is 0 Å². The van der Waals surface area contributed by atoms with Crippen LogP contribution in [0.5, 0.6) is 0 Å². The molecule has 1 aromatic heterocycles. The minimum atomic E-state index is -0.0422. The molecule has 4 nitrogen and oxygen atoms in total. The zero-order valence-corrected chi connectivity index (χ0v) is 11.5. The van der Waals surface area contributed by atoms with Crippen molar-refractivity contribution >= 4 is 5.91 Å². The summed E-state index contributed by atoms with van der Waals surface area (Å²) >= 11 is 0. The van der Waals surface area contributed by atoms with Crippen LogP contribution in [0.3, 0.4) is 0 Å². The fourth-order valence-corrected chi connectivity index (χ4v) is 2.05. The van der Waals surface area contributed by atoms with Gasteiger partial charge in [-0.15, -0.1) is 0 Å². The van der Waals surface area contributed by atoms with Crippen LogP contribution in [-0.2, 0) is 13.0 Å². The van der Waals surface area contributed by atoms with Crippen LogP contribution in [0.15, 0.2) is 34.9 Å². The van der Waals surface area contributed by atoms with Crippen LogP contribution in [0.2, 0.25) is 0 Å². The molecule has 0 atom stereocenters. The Morgan fingerprint density at radius 2 is 2.00 bits per heavy atom. The Balaban J connectivity index is 2.17. The highest BCUT2D eigenvalue weighted by molar-refractivity contribution is 5.96. The molecule has 2 aromatic rings. The van der Waals surface area contributed by atoms with Gasteiger partial charge in [-0.05, 0) is 12.5 Å². The minimum Gasteiger partial charge on any atom is -0.360 e. The Morgan fingerprint density at radius 3 is 2.63 bits per heavy atom. The maximum Gasteiger partial charge on any atom is 0.259 e. The van der Waals surface area contributed by atoms with Gasteiger partial charge in [0.15, 0.2) is 0 Å². The number of hydrogen-bond acceptors (Lipinski definition) is 3. The van der Waals surface area contributed by atoms with Gasteiger partial charge in [0.2, 0.25) is 0 Å². The van der Waals surface area contributed by atoms with Gasteiger partial charge >= 0.3 is 0 Å². The zero-order chi connectivity index (χ0) is 13.8. The molecule has 0 spiro atoms. The van der Waals surface area contributed by atoms with Gasteiger partial charge in [0.1, 0.15) is 11.3 Å². The van der Waals surface area contributed by atoms with Crippen LogP contribution in [0, 0.1) is 6.92 Å². The van der Waals surface area contributed by atoms with E-state index in [-0.39, 0.29) is 5.91 Å². The van der Waals surface area contributed by atoms with Crippen molar-refractivity contribution < 1.29 is 9.32 Å². The van der Waals surface area contributed by atoms with Crippen molar-refractivity contribution in [3.05, 3.63) is 52.9 Å². The molecule has 0 fully saturated rings. The number of benzene rings is 1. The van der Waals surface area contributed by atoms with Crippen LogP contribution >= 0.6 is 0 Å². The van der Waals surface area contributed by atoms with Crippen molar-refractivity contribution in [2.45, 2.75) is 26.8 Å². The molecule has 1 amide bonds. The van der Waals surface area contributed by atoms with Gasteiger partial charge < -0.3 is 9.42 Å². The quantitative estimate of drug-likeness (QED) is 0.847. The molecule has 1 heterocycles. The van der Waals surface area contributed by atoms with E-state index in [9.17, 15) is 4.79 Å². The standard InChI is InChI=1S/C15H18N2O2/c1-4-13-14(11(2)16-19-13)15(18)17(3)10-12-8-6-5-7-9-12/h5-9H,4,10H2,1-3H3. The number of carbonyl (C=O) groups excluding carboxylic acids is 1. The third kappa shape index (κ3) is 2.84. The summed E-state index contributed by atoms with van der Waals surface area (Å²) in [5.41, 5.74) is 2.35. The number of hydrogen-bond donors (Lipinski definition) is 0. The SMILES string of the molecule is CCc1onc(C)c1C(=O)N(C)Cc1ccccc1. The van der Waals surface area contributed by atoms with Gasteiger partial charge in [0.05, 0.1) is 5.69 Å². The van der Waals surface area contributed by atoms with Gasteiger partial charge in [0.25, 0.3) is 5.91 Å². The smallest absolute Gasteiger partial charge is 0.259 e. The maximum atomic E-state index is 12.4. The highest BCUT2D eigenvalue weighted by Crippen LogP contribution is 2.17. The number of rotatable bonds is 4. The molecule has 4 heteroatoms. The van der Waals surface area contributed by atoms with E-state index in [4.69, 9.17) is 4.52 Å². The molecule has 0 saturated carbocycles. The third-order valence-corrected chi connectivity index (χ3v) is 3.08. The number of aromatic nitrogens is 1. The Kier molecular flexibility index (Phi) is 4.00. The van der Waals surface area contributed by atoms with E-state index in [2.05, 4.69) is 5.16 Å². The monoisotopic (exact) mass is 258 g/mol. The third-order valence-electron chi connectivity index (χ3n) is 3.08. The summed E-state index contributed by atoms with van der Waals surface area (Å²) in [6.45, 7) is 4.33. The molecule has 100 valence electrons. The second kappa shape index (κ2) is 5.69. The summed E-state index contributed by atoms with van der Waals surface area (Å²) < 4.78 is 5.17. The van der Waals surface area contributed by atoms with E-state index >= 15 is 0 Å². The molecule has 0 unspecified atom stereocenters. The molecule has 0 aliphatic rings. The summed E-state index contributed by atoms with van der Waals surface area (Å²) in [5.74, 6) is 0.613. The molecule has 0 saturated heterocycles. The Morgan fingerprint density at radius 1 is 1.32 bits per heavy atom. The predicted molar refractivity (Wildman–Crippen MR) is 72.9 cm³/mol. The second-order valence-corrected chi connectivity index (χ2v) is 4.57. The van der Waals surface area contributed by atoms with E-state index in [1.165, 1.54) is 0 Å². The Bertz CT molecular complexity index is 561. The molecule has 0 bridgehead atoms. The van der Waals surface area contributed by atoms with Gasteiger partial charge in [-0.2, -0.15) is 0 Å². The summed E-state index contributed by atoms with van der Waals surface area (Å²) in [7, 11) is 1.79. The molecule has 1 aromatic carbocycles. The fourth-order valence-electron chi connectivity index (χ4n) is 2.05. The average Bonchev–Trinajstić information content (AvgIpc) is 2.80. The second-order valence-electron chi connectivity index (χ2n) is 4.57. The lowest BCUT2D eigenvalue weighted by Gasteiger charge is -2.17. The summed E-state index contributed by atoms with van der Waals surface area (Å²) in [5, 5.41) is 3.88. The lowest BCUT2D eigenvalue weighted by Crippen LogP contribution is -2.27. The average molecular weight is 258 g/mol. The van der Waals surface area contributed by atoms with Crippen LogP contribution in [0.1, 0.15) is 34.3 Å². The fraction of sp³-hybridized carbons (Fsp3) is 0.333. The van der Waals surface area contributed by atoms with E-state index in [0.29, 0.717) is 30.0 Å².